The zero-order chi connectivity index (χ0) is 19.9. The Bertz CT molecular complexity index is 832. The van der Waals surface area contributed by atoms with Crippen LogP contribution in [0.3, 0.4) is 0 Å². The van der Waals surface area contributed by atoms with Gasteiger partial charge in [0.1, 0.15) is 0 Å². The number of hydrogen-bond acceptors (Lipinski definition) is 3. The minimum absolute atomic E-state index is 0.696. The van der Waals surface area contributed by atoms with Gasteiger partial charge < -0.3 is 0 Å². The SMILES string of the molecule is Clc1ccc(SC=CC(=Nc2ccccc2)SC2CCC3CCCCC3C2)cc1. The highest BCUT2D eigenvalue weighted by Crippen LogP contribution is 2.44. The van der Waals surface area contributed by atoms with Crippen LogP contribution in [-0.2, 0) is 0 Å². The lowest BCUT2D eigenvalue weighted by atomic mass is 9.71. The van der Waals surface area contributed by atoms with Gasteiger partial charge in [-0.1, -0.05) is 67.2 Å². The van der Waals surface area contributed by atoms with E-state index in [1.807, 2.05) is 30.0 Å². The van der Waals surface area contributed by atoms with Crippen LogP contribution in [0.4, 0.5) is 5.69 Å². The van der Waals surface area contributed by atoms with Gasteiger partial charge in [-0.3, -0.25) is 0 Å². The molecule has 2 aromatic rings. The summed E-state index contributed by atoms with van der Waals surface area (Å²) in [6, 6.07) is 18.3. The van der Waals surface area contributed by atoms with E-state index in [1.54, 1.807) is 11.8 Å². The molecule has 4 heteroatoms. The van der Waals surface area contributed by atoms with Gasteiger partial charge in [0.05, 0.1) is 10.7 Å². The molecule has 29 heavy (non-hydrogen) atoms. The molecule has 2 aliphatic rings. The summed E-state index contributed by atoms with van der Waals surface area (Å²) >= 11 is 9.69. The molecule has 0 aliphatic heterocycles. The first-order valence-electron chi connectivity index (χ1n) is 10.7. The van der Waals surface area contributed by atoms with Gasteiger partial charge in [0.25, 0.3) is 0 Å². The molecule has 0 spiro atoms. The van der Waals surface area contributed by atoms with Crippen LogP contribution < -0.4 is 0 Å². The van der Waals surface area contributed by atoms with Gasteiger partial charge in [0.2, 0.25) is 0 Å². The Hall–Kier alpha value is -1.16. The molecule has 3 unspecified atom stereocenters. The number of nitrogens with zero attached hydrogens (tertiary/aromatic N) is 1. The molecule has 152 valence electrons. The highest BCUT2D eigenvalue weighted by Gasteiger charge is 2.32. The van der Waals surface area contributed by atoms with Crippen molar-refractivity contribution in [2.75, 3.05) is 0 Å². The predicted molar refractivity (Wildman–Crippen MR) is 131 cm³/mol. The lowest BCUT2D eigenvalue weighted by Gasteiger charge is -2.39. The second-order valence-corrected chi connectivity index (χ2v) is 10.8. The third-order valence-corrected chi connectivity index (χ3v) is 8.30. The van der Waals surface area contributed by atoms with Crippen LogP contribution in [0, 0.1) is 11.8 Å². The van der Waals surface area contributed by atoms with E-state index in [2.05, 4.69) is 47.9 Å². The predicted octanol–water partition coefficient (Wildman–Crippen LogP) is 8.77. The van der Waals surface area contributed by atoms with Crippen molar-refractivity contribution in [2.24, 2.45) is 16.8 Å². The number of para-hydroxylation sites is 1. The van der Waals surface area contributed by atoms with Crippen LogP contribution in [0.5, 0.6) is 0 Å². The second-order valence-electron chi connectivity index (χ2n) is 8.02. The van der Waals surface area contributed by atoms with Gasteiger partial charge in [-0.05, 0) is 79.0 Å². The molecule has 2 saturated carbocycles. The third-order valence-electron chi connectivity index (χ3n) is 6.00. The van der Waals surface area contributed by atoms with Gasteiger partial charge in [-0.15, -0.1) is 11.8 Å². The summed E-state index contributed by atoms with van der Waals surface area (Å²) in [5, 5.41) is 4.75. The normalized spacial score (nSPS) is 25.1. The van der Waals surface area contributed by atoms with Crippen LogP contribution in [0.1, 0.15) is 44.9 Å². The number of fused-ring (bicyclic) bond motifs is 1. The van der Waals surface area contributed by atoms with E-state index in [0.29, 0.717) is 5.25 Å². The molecule has 2 fully saturated rings. The molecular weight excluding hydrogens is 414 g/mol. The van der Waals surface area contributed by atoms with Gasteiger partial charge in [0.15, 0.2) is 0 Å². The molecule has 0 bridgehead atoms. The van der Waals surface area contributed by atoms with E-state index < -0.39 is 0 Å². The maximum atomic E-state index is 5.99. The Morgan fingerprint density at radius 3 is 2.45 bits per heavy atom. The Balaban J connectivity index is 1.44. The zero-order valence-electron chi connectivity index (χ0n) is 16.7. The molecule has 0 heterocycles. The van der Waals surface area contributed by atoms with E-state index in [1.165, 1.54) is 49.8 Å². The number of thioether (sulfide) groups is 2. The summed E-state index contributed by atoms with van der Waals surface area (Å²) in [5.74, 6) is 1.94. The van der Waals surface area contributed by atoms with Gasteiger partial charge >= 0.3 is 0 Å². The van der Waals surface area contributed by atoms with E-state index >= 15 is 0 Å². The minimum atomic E-state index is 0.696. The molecule has 2 aromatic carbocycles. The monoisotopic (exact) mass is 441 g/mol. The van der Waals surface area contributed by atoms with Crippen molar-refractivity contribution in [1.82, 2.24) is 0 Å². The van der Waals surface area contributed by atoms with E-state index in [9.17, 15) is 0 Å². The summed E-state index contributed by atoms with van der Waals surface area (Å²) in [4.78, 5) is 6.15. The first-order valence-corrected chi connectivity index (χ1v) is 12.8. The summed E-state index contributed by atoms with van der Waals surface area (Å²) < 4.78 is 0. The first kappa shape index (κ1) is 21.1. The van der Waals surface area contributed by atoms with Crippen LogP contribution >= 0.6 is 35.1 Å². The zero-order valence-corrected chi connectivity index (χ0v) is 19.1. The quantitative estimate of drug-likeness (QED) is 0.261. The third kappa shape index (κ3) is 6.41. The average Bonchev–Trinajstić information content (AvgIpc) is 2.76. The van der Waals surface area contributed by atoms with Crippen molar-refractivity contribution in [3.05, 3.63) is 71.1 Å². The molecule has 0 radical (unpaired) electrons. The molecule has 0 aromatic heterocycles. The summed E-state index contributed by atoms with van der Waals surface area (Å²) in [6.07, 6.45) is 12.1. The maximum Gasteiger partial charge on any atom is 0.0975 e. The van der Waals surface area contributed by atoms with Crippen molar-refractivity contribution < 1.29 is 0 Å². The number of hydrogen-bond donors (Lipinski definition) is 0. The molecule has 0 N–H and O–H groups in total. The largest absolute Gasteiger partial charge is 0.242 e. The molecular formula is C25H28ClNS2. The molecule has 0 saturated heterocycles. The van der Waals surface area contributed by atoms with Gasteiger partial charge in [0, 0.05) is 15.2 Å². The fraction of sp³-hybridized carbons (Fsp3) is 0.400. The smallest absolute Gasteiger partial charge is 0.0975 e. The Morgan fingerprint density at radius 1 is 0.897 bits per heavy atom. The molecule has 3 atom stereocenters. The van der Waals surface area contributed by atoms with Crippen molar-refractivity contribution in [3.8, 4) is 0 Å². The summed E-state index contributed by atoms with van der Waals surface area (Å²) in [5.41, 5.74) is 1.03. The Morgan fingerprint density at radius 2 is 1.66 bits per heavy atom. The van der Waals surface area contributed by atoms with Gasteiger partial charge in [-0.25, -0.2) is 4.99 Å². The van der Waals surface area contributed by atoms with E-state index in [0.717, 1.165) is 27.6 Å². The second kappa shape index (κ2) is 10.7. The number of benzene rings is 2. The van der Waals surface area contributed by atoms with E-state index in [-0.39, 0.29) is 0 Å². The summed E-state index contributed by atoms with van der Waals surface area (Å²) in [6.45, 7) is 0. The Labute approximate surface area is 188 Å². The van der Waals surface area contributed by atoms with Crippen LogP contribution in [0.2, 0.25) is 5.02 Å². The highest BCUT2D eigenvalue weighted by molar-refractivity contribution is 8.15. The fourth-order valence-corrected chi connectivity index (χ4v) is 6.63. The standard InChI is InChI=1S/C25H28ClNS2/c26-21-11-14-23(15-12-21)28-17-16-25(27-22-8-2-1-3-9-22)29-24-13-10-19-6-4-5-7-20(19)18-24/h1-3,8-9,11-12,14-17,19-20,24H,4-7,10,13,18H2. The lowest BCUT2D eigenvalue weighted by Crippen LogP contribution is -2.29. The maximum absolute atomic E-state index is 5.99. The van der Waals surface area contributed by atoms with Crippen molar-refractivity contribution in [1.29, 1.82) is 0 Å². The number of aliphatic imine (C=N–C) groups is 1. The highest BCUT2D eigenvalue weighted by atomic mass is 35.5. The van der Waals surface area contributed by atoms with Crippen molar-refractivity contribution in [3.63, 3.8) is 0 Å². The van der Waals surface area contributed by atoms with Crippen LogP contribution in [0.15, 0.2) is 76.0 Å². The number of halogens is 1. The van der Waals surface area contributed by atoms with Crippen LogP contribution in [-0.4, -0.2) is 10.3 Å². The minimum Gasteiger partial charge on any atom is -0.242 e. The lowest BCUT2D eigenvalue weighted by molar-refractivity contribution is 0.175. The molecule has 2 aliphatic carbocycles. The Kier molecular flexibility index (Phi) is 7.81. The molecule has 0 amide bonds. The average molecular weight is 442 g/mol. The van der Waals surface area contributed by atoms with Crippen molar-refractivity contribution >= 4 is 45.9 Å². The van der Waals surface area contributed by atoms with Gasteiger partial charge in [-0.2, -0.15) is 0 Å². The fourth-order valence-electron chi connectivity index (χ4n) is 4.52. The first-order chi connectivity index (χ1) is 14.3. The van der Waals surface area contributed by atoms with Crippen LogP contribution in [0.25, 0.3) is 0 Å². The number of rotatable bonds is 5. The molecule has 1 nitrogen and oxygen atoms in total. The summed E-state index contributed by atoms with van der Waals surface area (Å²) in [7, 11) is 0. The topological polar surface area (TPSA) is 12.4 Å². The molecule has 4 rings (SSSR count). The van der Waals surface area contributed by atoms with Crippen molar-refractivity contribution in [2.45, 2.75) is 55.1 Å². The van der Waals surface area contributed by atoms with E-state index in [4.69, 9.17) is 16.6 Å².